The molecule has 12 heteroatoms. The highest BCUT2D eigenvalue weighted by molar-refractivity contribution is 6.24. The van der Waals surface area contributed by atoms with Crippen molar-refractivity contribution in [3.63, 3.8) is 0 Å². The Morgan fingerprint density at radius 2 is 0.863 bits per heavy atom. The number of nitrogens with one attached hydrogen (secondary N) is 2. The van der Waals surface area contributed by atoms with E-state index in [1.165, 1.54) is 76.5 Å². The molecule has 8 atom stereocenters. The van der Waals surface area contributed by atoms with Crippen LogP contribution in [0, 0.1) is 47.3 Å². The quantitative estimate of drug-likeness (QED) is 0.241. The lowest BCUT2D eigenvalue weighted by Gasteiger charge is -2.18. The third-order valence-electron chi connectivity index (χ3n) is 11.5. The lowest BCUT2D eigenvalue weighted by Crippen LogP contribution is -2.32. The number of carbonyl (C=O) groups is 7. The molecular weight excluding hydrogens is 652 g/mol. The van der Waals surface area contributed by atoms with Crippen molar-refractivity contribution in [1.82, 2.24) is 0 Å². The first-order valence-corrected chi connectivity index (χ1v) is 16.9. The maximum Gasteiger partial charge on any atom is 0.335 e. The second-order valence-electron chi connectivity index (χ2n) is 14.1. The molecule has 2 aliphatic heterocycles. The summed E-state index contributed by atoms with van der Waals surface area (Å²) < 4.78 is 0. The fourth-order valence-corrected chi connectivity index (χ4v) is 9.12. The van der Waals surface area contributed by atoms with E-state index in [-0.39, 0.29) is 99.0 Å². The number of amides is 6. The number of allylic oxidation sites excluding steroid dienone is 4. The normalized spacial score (nSPS) is 29.3. The van der Waals surface area contributed by atoms with Gasteiger partial charge in [0.15, 0.2) is 0 Å². The van der Waals surface area contributed by atoms with Gasteiger partial charge in [-0.2, -0.15) is 0 Å². The van der Waals surface area contributed by atoms with Crippen LogP contribution >= 0.6 is 0 Å². The molecule has 0 aromatic heterocycles. The summed E-state index contributed by atoms with van der Waals surface area (Å²) >= 11 is 0. The molecule has 6 amide bonds. The van der Waals surface area contributed by atoms with Crippen LogP contribution in [0.1, 0.15) is 43.9 Å². The summed E-state index contributed by atoms with van der Waals surface area (Å²) in [6, 6.07) is 15.9. The number of carboxylic acid groups (broad SMARTS) is 1. The molecular formula is C39H30N4O8. The number of hydrogen-bond donors (Lipinski definition) is 3. The van der Waals surface area contributed by atoms with Crippen molar-refractivity contribution in [2.24, 2.45) is 47.3 Å². The molecule has 0 spiro atoms. The molecule has 4 bridgehead atoms. The Morgan fingerprint density at radius 1 is 0.510 bits per heavy atom. The van der Waals surface area contributed by atoms with Crippen LogP contribution in [0.25, 0.3) is 0 Å². The predicted octanol–water partition coefficient (Wildman–Crippen LogP) is 4.51. The maximum atomic E-state index is 13.4. The fraction of sp³-hybridized carbons (Fsp3) is 0.256. The molecule has 0 unspecified atom stereocenters. The number of rotatable bonds is 7. The number of fused-ring (bicyclic) bond motifs is 10. The number of hydrogen-bond acceptors (Lipinski definition) is 7. The Morgan fingerprint density at radius 3 is 1.24 bits per heavy atom. The Balaban J connectivity index is 0.904. The van der Waals surface area contributed by atoms with E-state index in [0.717, 1.165) is 12.8 Å². The number of aromatic carboxylic acids is 1. The Bertz CT molecular complexity index is 2110. The molecule has 4 aliphatic carbocycles. The highest BCUT2D eigenvalue weighted by Crippen LogP contribution is 2.54. The molecule has 254 valence electrons. The molecule has 6 aliphatic rings. The topological polar surface area (TPSA) is 170 Å². The zero-order chi connectivity index (χ0) is 35.3. The molecule has 3 aromatic carbocycles. The largest absolute Gasteiger partial charge is 0.478 e. The molecule has 3 aromatic rings. The van der Waals surface area contributed by atoms with Crippen LogP contribution in [0.3, 0.4) is 0 Å². The second kappa shape index (κ2) is 11.2. The smallest absolute Gasteiger partial charge is 0.335 e. The second-order valence-corrected chi connectivity index (χ2v) is 14.1. The number of carbonyl (C=O) groups excluding carboxylic acids is 6. The first-order chi connectivity index (χ1) is 24.6. The first-order valence-electron chi connectivity index (χ1n) is 16.9. The predicted molar refractivity (Wildman–Crippen MR) is 183 cm³/mol. The molecule has 2 saturated carbocycles. The van der Waals surface area contributed by atoms with Crippen LogP contribution in [0.5, 0.6) is 0 Å². The molecule has 2 saturated heterocycles. The molecule has 3 N–H and O–H groups in total. The SMILES string of the molecule is O=C(O)c1ccc(NC(=O)c2ccc(N3C(=O)[C@@H]4[C@H](C3=O)[C@H]3C=C[C@H]4C3)cc2)c(NC(=O)c2ccc(N3C(=O)[C@@H]4[C@@H](C3=O)[C@H]3C=C[C@H]4C3)cc2)c1. The maximum absolute atomic E-state index is 13.4. The van der Waals surface area contributed by atoms with Gasteiger partial charge in [0.2, 0.25) is 23.6 Å². The highest BCUT2D eigenvalue weighted by Gasteiger charge is 2.60. The lowest BCUT2D eigenvalue weighted by atomic mass is 9.85. The van der Waals surface area contributed by atoms with Gasteiger partial charge in [0.05, 0.1) is 52.0 Å². The van der Waals surface area contributed by atoms with E-state index in [1.54, 1.807) is 0 Å². The van der Waals surface area contributed by atoms with Crippen LogP contribution in [-0.4, -0.2) is 46.5 Å². The number of anilines is 4. The van der Waals surface area contributed by atoms with E-state index in [4.69, 9.17) is 0 Å². The first kappa shape index (κ1) is 30.9. The van der Waals surface area contributed by atoms with E-state index < -0.39 is 17.8 Å². The zero-order valence-corrected chi connectivity index (χ0v) is 26.9. The third-order valence-corrected chi connectivity index (χ3v) is 11.5. The fourth-order valence-electron chi connectivity index (χ4n) is 9.12. The highest BCUT2D eigenvalue weighted by atomic mass is 16.4. The Hall–Kier alpha value is -6.17. The van der Waals surface area contributed by atoms with Gasteiger partial charge in [-0.1, -0.05) is 24.3 Å². The van der Waals surface area contributed by atoms with Gasteiger partial charge in [-0.05, 0) is 103 Å². The molecule has 12 nitrogen and oxygen atoms in total. The van der Waals surface area contributed by atoms with Crippen LogP contribution in [-0.2, 0) is 19.2 Å². The summed E-state index contributed by atoms with van der Waals surface area (Å²) in [6.45, 7) is 0. The van der Waals surface area contributed by atoms with Crippen molar-refractivity contribution < 1.29 is 38.7 Å². The summed E-state index contributed by atoms with van der Waals surface area (Å²) in [5.41, 5.74) is 1.15. The van der Waals surface area contributed by atoms with E-state index >= 15 is 0 Å². The minimum Gasteiger partial charge on any atom is -0.478 e. The Labute approximate surface area is 290 Å². The Kier molecular flexibility index (Phi) is 6.76. The summed E-state index contributed by atoms with van der Waals surface area (Å²) in [5.74, 6) is -4.45. The number of carboxylic acids is 1. The summed E-state index contributed by atoms with van der Waals surface area (Å²) in [7, 11) is 0. The minimum atomic E-state index is -1.24. The van der Waals surface area contributed by atoms with Crippen LogP contribution in [0.2, 0.25) is 0 Å². The summed E-state index contributed by atoms with van der Waals surface area (Å²) in [6.07, 6.45) is 9.73. The van der Waals surface area contributed by atoms with Crippen molar-refractivity contribution in [2.75, 3.05) is 20.4 Å². The van der Waals surface area contributed by atoms with E-state index in [0.29, 0.717) is 11.4 Å². The lowest BCUT2D eigenvalue weighted by molar-refractivity contribution is -0.124. The monoisotopic (exact) mass is 682 g/mol. The molecule has 4 fully saturated rings. The van der Waals surface area contributed by atoms with Gasteiger partial charge in [-0.15, -0.1) is 0 Å². The molecule has 2 heterocycles. The van der Waals surface area contributed by atoms with Crippen molar-refractivity contribution in [1.29, 1.82) is 0 Å². The van der Waals surface area contributed by atoms with Crippen LogP contribution < -0.4 is 20.4 Å². The number of benzene rings is 3. The van der Waals surface area contributed by atoms with Crippen LogP contribution in [0.15, 0.2) is 91.0 Å². The van der Waals surface area contributed by atoms with Gasteiger partial charge in [0.1, 0.15) is 0 Å². The third kappa shape index (κ3) is 4.62. The minimum absolute atomic E-state index is 0.0256. The van der Waals surface area contributed by atoms with Gasteiger partial charge < -0.3 is 15.7 Å². The van der Waals surface area contributed by atoms with Gasteiger partial charge in [0, 0.05) is 11.1 Å². The average Bonchev–Trinajstić information content (AvgIpc) is 3.99. The van der Waals surface area contributed by atoms with E-state index in [9.17, 15) is 38.7 Å². The van der Waals surface area contributed by atoms with Gasteiger partial charge in [-0.25, -0.2) is 4.79 Å². The molecule has 0 radical (unpaired) electrons. The zero-order valence-electron chi connectivity index (χ0n) is 26.9. The van der Waals surface area contributed by atoms with E-state index in [1.807, 2.05) is 24.3 Å². The molecule has 51 heavy (non-hydrogen) atoms. The van der Waals surface area contributed by atoms with Crippen molar-refractivity contribution >= 4 is 64.2 Å². The van der Waals surface area contributed by atoms with Crippen molar-refractivity contribution in [2.45, 2.75) is 12.8 Å². The molecule has 9 rings (SSSR count). The standard InChI is InChI=1S/C39H30N4O8/c44-33(18-5-10-25(11-6-18)42-35(46)29-20-1-2-21(15-20)30(29)36(42)47)40-27-14-9-24(39(50)51)17-28(27)41-34(45)19-7-12-26(13-8-19)43-37(48)31-22-3-4-23(16-22)32(31)38(43)49/h1-14,17,20-23,29-32H,15-16H2,(H,40,44)(H,41,45)(H,50,51)/t20-,21-,22-,23-,29-,30+,31-,32-/m0/s1. The van der Waals surface area contributed by atoms with Crippen LogP contribution in [0.4, 0.5) is 22.7 Å². The van der Waals surface area contributed by atoms with Gasteiger partial charge in [0.25, 0.3) is 11.8 Å². The summed E-state index contributed by atoms with van der Waals surface area (Å²) in [4.78, 5) is 93.7. The summed E-state index contributed by atoms with van der Waals surface area (Å²) in [5, 5.41) is 15.0. The average molecular weight is 683 g/mol. The van der Waals surface area contributed by atoms with Gasteiger partial charge in [-0.3, -0.25) is 38.6 Å². The van der Waals surface area contributed by atoms with E-state index in [2.05, 4.69) is 10.6 Å². The van der Waals surface area contributed by atoms with Crippen molar-refractivity contribution in [3.8, 4) is 0 Å². The number of imide groups is 2. The number of nitrogens with zero attached hydrogens (tertiary/aromatic N) is 2. The van der Waals surface area contributed by atoms with Crippen molar-refractivity contribution in [3.05, 3.63) is 108 Å². The van der Waals surface area contributed by atoms with Gasteiger partial charge >= 0.3 is 5.97 Å².